The van der Waals surface area contributed by atoms with Crippen LogP contribution in [0.5, 0.6) is 0 Å². The molecule has 2 heterocycles. The van der Waals surface area contributed by atoms with Crippen molar-refractivity contribution in [2.75, 3.05) is 24.6 Å². The summed E-state index contributed by atoms with van der Waals surface area (Å²) in [7, 11) is 0. The van der Waals surface area contributed by atoms with Crippen LogP contribution in [0.1, 0.15) is 51.1 Å². The van der Waals surface area contributed by atoms with E-state index < -0.39 is 0 Å². The molecule has 5 heteroatoms. The van der Waals surface area contributed by atoms with E-state index >= 15 is 0 Å². The highest BCUT2D eigenvalue weighted by Crippen LogP contribution is 2.29. The van der Waals surface area contributed by atoms with Gasteiger partial charge in [0.1, 0.15) is 0 Å². The number of ether oxygens (including phenoxy) is 1. The van der Waals surface area contributed by atoms with E-state index in [2.05, 4.69) is 37.9 Å². The molecule has 1 atom stereocenters. The van der Waals surface area contributed by atoms with Crippen LogP contribution in [0, 0.1) is 0 Å². The number of morpholine rings is 1. The molecule has 120 valence electrons. The molecule has 0 aliphatic carbocycles. The van der Waals surface area contributed by atoms with E-state index in [4.69, 9.17) is 9.72 Å². The van der Waals surface area contributed by atoms with E-state index in [0.29, 0.717) is 12.1 Å². The molecule has 1 aliphatic heterocycles. The third kappa shape index (κ3) is 4.66. The number of thiazole rings is 1. The van der Waals surface area contributed by atoms with Gasteiger partial charge in [0.15, 0.2) is 5.13 Å². The molecule has 0 spiro atoms. The minimum Gasteiger partial charge on any atom is -0.375 e. The van der Waals surface area contributed by atoms with Crippen LogP contribution in [0.3, 0.4) is 0 Å². The van der Waals surface area contributed by atoms with Gasteiger partial charge >= 0.3 is 0 Å². The van der Waals surface area contributed by atoms with E-state index in [1.54, 1.807) is 0 Å². The second kappa shape index (κ2) is 8.11. The molecular formula is C16H29N3OS. The van der Waals surface area contributed by atoms with E-state index in [-0.39, 0.29) is 0 Å². The van der Waals surface area contributed by atoms with Crippen molar-refractivity contribution in [3.8, 4) is 0 Å². The van der Waals surface area contributed by atoms with Gasteiger partial charge in [0.05, 0.1) is 18.4 Å². The second-order valence-electron chi connectivity index (χ2n) is 6.00. The average Bonchev–Trinajstić information content (AvgIpc) is 2.89. The van der Waals surface area contributed by atoms with Crippen molar-refractivity contribution >= 4 is 16.5 Å². The SMILES string of the molecule is CCCc1nc(N2CCOC(CC)C2)sc1CNC(C)C. The predicted molar refractivity (Wildman–Crippen MR) is 90.3 cm³/mol. The zero-order valence-corrected chi connectivity index (χ0v) is 14.6. The first kappa shape index (κ1) is 16.7. The minimum absolute atomic E-state index is 0.356. The fourth-order valence-corrected chi connectivity index (χ4v) is 3.60. The largest absolute Gasteiger partial charge is 0.375 e. The lowest BCUT2D eigenvalue weighted by Crippen LogP contribution is -2.42. The van der Waals surface area contributed by atoms with Gasteiger partial charge in [0.25, 0.3) is 0 Å². The Morgan fingerprint density at radius 1 is 1.43 bits per heavy atom. The molecular weight excluding hydrogens is 282 g/mol. The molecule has 0 amide bonds. The Bertz CT molecular complexity index is 433. The lowest BCUT2D eigenvalue weighted by atomic mass is 10.2. The first-order valence-corrected chi connectivity index (χ1v) is 9.04. The molecule has 1 aromatic heterocycles. The average molecular weight is 311 g/mol. The highest BCUT2D eigenvalue weighted by molar-refractivity contribution is 7.15. The van der Waals surface area contributed by atoms with Crippen LogP contribution in [-0.2, 0) is 17.7 Å². The summed E-state index contributed by atoms with van der Waals surface area (Å²) < 4.78 is 5.77. The number of nitrogens with zero attached hydrogens (tertiary/aromatic N) is 2. The Hall–Kier alpha value is -0.650. The lowest BCUT2D eigenvalue weighted by Gasteiger charge is -2.32. The zero-order chi connectivity index (χ0) is 15.2. The minimum atomic E-state index is 0.356. The number of rotatable bonds is 7. The summed E-state index contributed by atoms with van der Waals surface area (Å²) in [5.74, 6) is 0. The van der Waals surface area contributed by atoms with Crippen molar-refractivity contribution in [3.63, 3.8) is 0 Å². The Kier molecular flexibility index (Phi) is 6.45. The van der Waals surface area contributed by atoms with Crippen molar-refractivity contribution < 1.29 is 4.74 Å². The number of nitrogens with one attached hydrogen (secondary N) is 1. The molecule has 1 aromatic rings. The van der Waals surface area contributed by atoms with Gasteiger partial charge in [-0.25, -0.2) is 4.98 Å². The second-order valence-corrected chi connectivity index (χ2v) is 7.06. The molecule has 21 heavy (non-hydrogen) atoms. The number of anilines is 1. The summed E-state index contributed by atoms with van der Waals surface area (Å²) >= 11 is 1.86. The maximum Gasteiger partial charge on any atom is 0.185 e. The van der Waals surface area contributed by atoms with E-state index in [1.165, 1.54) is 15.7 Å². The van der Waals surface area contributed by atoms with Gasteiger partial charge in [-0.15, -0.1) is 11.3 Å². The molecule has 1 N–H and O–H groups in total. The molecule has 2 rings (SSSR count). The molecule has 0 bridgehead atoms. The van der Waals surface area contributed by atoms with Crippen molar-refractivity contribution in [2.45, 2.75) is 65.6 Å². The molecule has 0 aromatic carbocycles. The molecule has 1 saturated heterocycles. The Morgan fingerprint density at radius 3 is 2.90 bits per heavy atom. The quantitative estimate of drug-likeness (QED) is 0.839. The Morgan fingerprint density at radius 2 is 2.24 bits per heavy atom. The molecule has 1 fully saturated rings. The van der Waals surface area contributed by atoms with Crippen LogP contribution in [0.4, 0.5) is 5.13 Å². The molecule has 1 aliphatic rings. The van der Waals surface area contributed by atoms with E-state index in [9.17, 15) is 0 Å². The first-order valence-electron chi connectivity index (χ1n) is 8.22. The molecule has 0 saturated carbocycles. The van der Waals surface area contributed by atoms with Gasteiger partial charge in [0.2, 0.25) is 0 Å². The number of hydrogen-bond acceptors (Lipinski definition) is 5. The first-order chi connectivity index (χ1) is 10.1. The summed E-state index contributed by atoms with van der Waals surface area (Å²) in [6.07, 6.45) is 3.66. The summed E-state index contributed by atoms with van der Waals surface area (Å²) in [5, 5.41) is 4.71. The van der Waals surface area contributed by atoms with Gasteiger partial charge < -0.3 is 15.0 Å². The third-order valence-electron chi connectivity index (χ3n) is 3.79. The lowest BCUT2D eigenvalue weighted by molar-refractivity contribution is 0.0384. The van der Waals surface area contributed by atoms with E-state index in [1.807, 2.05) is 11.3 Å². The van der Waals surface area contributed by atoms with Crippen molar-refractivity contribution in [1.82, 2.24) is 10.3 Å². The van der Waals surface area contributed by atoms with Gasteiger partial charge in [0, 0.05) is 30.6 Å². The smallest absolute Gasteiger partial charge is 0.185 e. The summed E-state index contributed by atoms with van der Waals surface area (Å²) in [5.41, 5.74) is 1.28. The van der Waals surface area contributed by atoms with Crippen LogP contribution >= 0.6 is 11.3 Å². The highest BCUT2D eigenvalue weighted by atomic mass is 32.1. The molecule has 1 unspecified atom stereocenters. The summed E-state index contributed by atoms with van der Waals surface area (Å²) in [6, 6.07) is 0.512. The normalized spacial score (nSPS) is 19.5. The zero-order valence-electron chi connectivity index (χ0n) is 13.8. The van der Waals surface area contributed by atoms with Crippen molar-refractivity contribution in [3.05, 3.63) is 10.6 Å². The van der Waals surface area contributed by atoms with Crippen molar-refractivity contribution in [1.29, 1.82) is 0 Å². The third-order valence-corrected chi connectivity index (χ3v) is 4.95. The Labute approximate surface area is 132 Å². The van der Waals surface area contributed by atoms with E-state index in [0.717, 1.165) is 45.5 Å². The maximum absolute atomic E-state index is 5.77. The summed E-state index contributed by atoms with van der Waals surface area (Å²) in [6.45, 7) is 12.5. The maximum atomic E-state index is 5.77. The van der Waals surface area contributed by atoms with Crippen LogP contribution < -0.4 is 10.2 Å². The van der Waals surface area contributed by atoms with Gasteiger partial charge in [-0.2, -0.15) is 0 Å². The highest BCUT2D eigenvalue weighted by Gasteiger charge is 2.22. The molecule has 4 nitrogen and oxygen atoms in total. The van der Waals surface area contributed by atoms with Gasteiger partial charge in [-0.05, 0) is 12.8 Å². The van der Waals surface area contributed by atoms with Crippen molar-refractivity contribution in [2.24, 2.45) is 0 Å². The van der Waals surface area contributed by atoms with Crippen LogP contribution in [-0.4, -0.2) is 36.8 Å². The van der Waals surface area contributed by atoms with Gasteiger partial charge in [-0.3, -0.25) is 0 Å². The van der Waals surface area contributed by atoms with Crippen LogP contribution in [0.25, 0.3) is 0 Å². The summed E-state index contributed by atoms with van der Waals surface area (Å²) in [4.78, 5) is 8.73. The standard InChI is InChI=1S/C16H29N3OS/c1-5-7-14-15(10-17-12(3)4)21-16(18-14)19-8-9-20-13(6-2)11-19/h12-13,17H,5-11H2,1-4H3. The topological polar surface area (TPSA) is 37.4 Å². The number of aryl methyl sites for hydroxylation is 1. The predicted octanol–water partition coefficient (Wildman–Crippen LogP) is 3.21. The fraction of sp³-hybridized carbons (Fsp3) is 0.812. The number of aromatic nitrogens is 1. The number of hydrogen-bond donors (Lipinski definition) is 1. The van der Waals surface area contributed by atoms with Gasteiger partial charge in [-0.1, -0.05) is 34.1 Å². The van der Waals surface area contributed by atoms with Crippen LogP contribution in [0.15, 0.2) is 0 Å². The fourth-order valence-electron chi connectivity index (χ4n) is 2.51. The Balaban J connectivity index is 2.10. The van der Waals surface area contributed by atoms with Crippen LogP contribution in [0.2, 0.25) is 0 Å². The monoisotopic (exact) mass is 311 g/mol. The molecule has 0 radical (unpaired) electrons.